The molecule has 0 aliphatic heterocycles. The molecule has 0 fully saturated rings. The highest BCUT2D eigenvalue weighted by atomic mass is 31.2. The van der Waals surface area contributed by atoms with Crippen LogP contribution in [0.1, 0.15) is 192 Å². The van der Waals surface area contributed by atoms with Gasteiger partial charge in [-0.15, -0.1) is 0 Å². The van der Waals surface area contributed by atoms with Crippen LogP contribution in [0.15, 0.2) is 36.4 Å². The van der Waals surface area contributed by atoms with E-state index in [1.54, 1.807) is 0 Å². The summed E-state index contributed by atoms with van der Waals surface area (Å²) in [6.45, 7) is 17.0. The molecule has 59 heavy (non-hydrogen) atoms. The number of ether oxygens (including phenoxy) is 1. The number of hydrogen-bond donors (Lipinski definition) is 5. The molecular weight excluding hydrogens is 778 g/mol. The monoisotopic (exact) mass is 865 g/mol. The number of hydrogen-bond acceptors (Lipinski definition) is 8. The molecular formula is C49H86O8P2. The Morgan fingerprint density at radius 2 is 0.881 bits per heavy atom. The molecule has 0 aromatic heterocycles. The summed E-state index contributed by atoms with van der Waals surface area (Å²) in [5.74, 6) is 3.45. The number of benzene rings is 2. The van der Waals surface area contributed by atoms with Crippen LogP contribution < -0.4 is 4.74 Å². The fourth-order valence-electron chi connectivity index (χ4n) is 7.98. The average Bonchev–Trinajstić information content (AvgIpc) is 3.17. The highest BCUT2D eigenvalue weighted by molar-refractivity contribution is 7.39. The maximum Gasteiger partial charge on any atom is 0.327 e. The third-order valence-corrected chi connectivity index (χ3v) is 12.3. The second kappa shape index (κ2) is 30.8. The molecule has 10 heteroatoms. The van der Waals surface area contributed by atoms with E-state index in [0.29, 0.717) is 29.4 Å². The Labute approximate surface area is 363 Å². The van der Waals surface area contributed by atoms with Crippen molar-refractivity contribution >= 4 is 17.2 Å². The first kappa shape index (κ1) is 54.0. The smallest absolute Gasteiger partial charge is 0.327 e. The van der Waals surface area contributed by atoms with Crippen molar-refractivity contribution in [3.05, 3.63) is 64.2 Å². The van der Waals surface area contributed by atoms with Crippen LogP contribution in [0, 0.1) is 29.1 Å². The molecule has 2 aromatic carbocycles. The Hall–Kier alpha value is -1.18. The molecule has 5 N–H and O–H groups in total. The zero-order valence-corrected chi connectivity index (χ0v) is 40.3. The lowest BCUT2D eigenvalue weighted by Crippen LogP contribution is -2.44. The van der Waals surface area contributed by atoms with E-state index in [4.69, 9.17) is 13.8 Å². The van der Waals surface area contributed by atoms with E-state index in [9.17, 15) is 24.7 Å². The van der Waals surface area contributed by atoms with Crippen molar-refractivity contribution in [1.82, 2.24) is 0 Å². The van der Waals surface area contributed by atoms with Gasteiger partial charge in [-0.25, -0.2) is 0 Å². The minimum Gasteiger partial charge on any atom is -0.485 e. The fraction of sp³-hybridized carbons (Fsp3) is 0.755. The van der Waals surface area contributed by atoms with Crippen molar-refractivity contribution in [2.24, 2.45) is 29.1 Å². The first-order valence-corrected chi connectivity index (χ1v) is 25.6. The van der Waals surface area contributed by atoms with Crippen molar-refractivity contribution in [2.45, 2.75) is 190 Å². The standard InChI is InChI=1S/C49H86O8P2/c1-38(2)21-13-9-17-25-42-29-31-46(44(33-42)27-19-11-15-23-40(5)6)48(49(35-50,36-55-58(51)52)37-56-59(53)54)57-47-32-30-43(26-18-10-14-22-39(3)4)34-45(47)28-20-12-16-24-41(7)8/h29-34,38-41,48,50-54H,9-28,35-37H2,1-8H3. The molecule has 0 aliphatic rings. The van der Waals surface area contributed by atoms with Crippen molar-refractivity contribution in [1.29, 1.82) is 0 Å². The summed E-state index contributed by atoms with van der Waals surface area (Å²) in [5, 5.41) is 11.3. The highest BCUT2D eigenvalue weighted by Gasteiger charge is 2.45. The number of rotatable bonds is 35. The average molecular weight is 865 g/mol. The number of aryl methyl sites for hydroxylation is 4. The van der Waals surface area contributed by atoms with Crippen LogP contribution in [0.4, 0.5) is 0 Å². The molecule has 2 rings (SSSR count). The lowest BCUT2D eigenvalue weighted by atomic mass is 9.78. The van der Waals surface area contributed by atoms with E-state index < -0.39 is 35.3 Å². The predicted octanol–water partition coefficient (Wildman–Crippen LogP) is 13.3. The van der Waals surface area contributed by atoms with Crippen molar-refractivity contribution in [3.8, 4) is 5.75 Å². The Bertz CT molecular complexity index is 1350. The quantitative estimate of drug-likeness (QED) is 0.0342. The van der Waals surface area contributed by atoms with Crippen LogP contribution >= 0.6 is 17.2 Å². The van der Waals surface area contributed by atoms with E-state index in [-0.39, 0.29) is 13.2 Å². The minimum absolute atomic E-state index is 0.333. The topological polar surface area (TPSA) is 129 Å². The third-order valence-electron chi connectivity index (χ3n) is 11.6. The van der Waals surface area contributed by atoms with Crippen LogP contribution in [0.25, 0.3) is 0 Å². The molecule has 0 saturated heterocycles. The van der Waals surface area contributed by atoms with Gasteiger partial charge in [0.1, 0.15) is 11.9 Å². The van der Waals surface area contributed by atoms with Crippen LogP contribution in [0.2, 0.25) is 0 Å². The summed E-state index contributed by atoms with van der Waals surface area (Å²) in [4.78, 5) is 40.0. The molecule has 0 amide bonds. The molecule has 8 nitrogen and oxygen atoms in total. The van der Waals surface area contributed by atoms with Gasteiger partial charge in [0.15, 0.2) is 0 Å². The molecule has 1 atom stereocenters. The molecule has 1 unspecified atom stereocenters. The fourth-order valence-corrected chi connectivity index (χ4v) is 8.72. The summed E-state index contributed by atoms with van der Waals surface area (Å²) in [6.07, 6.45) is 21.3. The van der Waals surface area contributed by atoms with Gasteiger partial charge in [0.2, 0.25) is 0 Å². The second-order valence-electron chi connectivity index (χ2n) is 19.0. The molecule has 0 heterocycles. The Morgan fingerprint density at radius 3 is 1.29 bits per heavy atom. The van der Waals surface area contributed by atoms with Gasteiger partial charge in [0.05, 0.1) is 25.2 Å². The lowest BCUT2D eigenvalue weighted by molar-refractivity contribution is -0.0659. The zero-order valence-electron chi connectivity index (χ0n) is 38.5. The molecule has 340 valence electrons. The van der Waals surface area contributed by atoms with Gasteiger partial charge < -0.3 is 38.5 Å². The number of aliphatic hydroxyl groups excluding tert-OH is 1. The third kappa shape index (κ3) is 23.2. The van der Waals surface area contributed by atoms with Gasteiger partial charge >= 0.3 is 17.2 Å². The van der Waals surface area contributed by atoms with Crippen molar-refractivity contribution in [3.63, 3.8) is 0 Å². The summed E-state index contributed by atoms with van der Waals surface area (Å²) in [5.41, 5.74) is 4.24. The van der Waals surface area contributed by atoms with Crippen LogP contribution in [0.5, 0.6) is 5.75 Å². The van der Waals surface area contributed by atoms with Gasteiger partial charge in [-0.2, -0.15) is 0 Å². The largest absolute Gasteiger partial charge is 0.485 e. The van der Waals surface area contributed by atoms with E-state index in [0.717, 1.165) is 87.3 Å². The van der Waals surface area contributed by atoms with E-state index in [2.05, 4.69) is 91.8 Å². The van der Waals surface area contributed by atoms with Crippen LogP contribution in [-0.4, -0.2) is 44.5 Å². The molecule has 0 saturated carbocycles. The van der Waals surface area contributed by atoms with Gasteiger partial charge in [0, 0.05) is 0 Å². The van der Waals surface area contributed by atoms with E-state index >= 15 is 0 Å². The van der Waals surface area contributed by atoms with Gasteiger partial charge in [0.25, 0.3) is 0 Å². The maximum atomic E-state index is 11.3. The molecule has 0 spiro atoms. The van der Waals surface area contributed by atoms with Gasteiger partial charge in [-0.3, -0.25) is 0 Å². The summed E-state index contributed by atoms with van der Waals surface area (Å²) >= 11 is 0. The van der Waals surface area contributed by atoms with Crippen LogP contribution in [0.3, 0.4) is 0 Å². The first-order valence-electron chi connectivity index (χ1n) is 23.3. The summed E-state index contributed by atoms with van der Waals surface area (Å²) in [6, 6.07) is 13.1. The zero-order chi connectivity index (χ0) is 43.6. The maximum absolute atomic E-state index is 11.3. The Kier molecular flexibility index (Phi) is 28.2. The molecule has 0 bridgehead atoms. The molecule has 2 aromatic rings. The number of aliphatic hydroxyl groups is 1. The van der Waals surface area contributed by atoms with Crippen molar-refractivity contribution in [2.75, 3.05) is 19.8 Å². The number of unbranched alkanes of at least 4 members (excludes halogenated alkanes) is 8. The SMILES string of the molecule is CC(C)CCCCCc1ccc(OC(c2ccc(CCCCCC(C)C)cc2CCCCCC(C)C)C(CO)(COP(O)O)COP(O)O)c(CCCCCC(C)C)c1. The van der Waals surface area contributed by atoms with Gasteiger partial charge in [-0.05, 0) is 109 Å². The predicted molar refractivity (Wildman–Crippen MR) is 248 cm³/mol. The molecule has 0 aliphatic carbocycles. The summed E-state index contributed by atoms with van der Waals surface area (Å²) < 4.78 is 18.2. The van der Waals surface area contributed by atoms with E-state index in [1.165, 1.54) is 68.9 Å². The van der Waals surface area contributed by atoms with Gasteiger partial charge in [-0.1, -0.05) is 163 Å². The minimum atomic E-state index is -2.78. The van der Waals surface area contributed by atoms with E-state index in [1.807, 2.05) is 0 Å². The van der Waals surface area contributed by atoms with Crippen molar-refractivity contribution < 1.29 is 38.5 Å². The summed E-state index contributed by atoms with van der Waals surface area (Å²) in [7, 11) is -5.56. The first-order chi connectivity index (χ1) is 28.1. The lowest BCUT2D eigenvalue weighted by Gasteiger charge is -2.40. The van der Waals surface area contributed by atoms with Crippen LogP contribution in [-0.2, 0) is 34.7 Å². The molecule has 0 radical (unpaired) electrons. The highest BCUT2D eigenvalue weighted by Crippen LogP contribution is 2.46. The Morgan fingerprint density at radius 1 is 0.492 bits per heavy atom. The Balaban J connectivity index is 2.69. The second-order valence-corrected chi connectivity index (χ2v) is 20.5. The normalized spacial score (nSPS) is 13.0.